The highest BCUT2D eigenvalue weighted by Gasteiger charge is 2.13. The van der Waals surface area contributed by atoms with Crippen molar-refractivity contribution in [3.63, 3.8) is 0 Å². The molecule has 0 spiro atoms. The van der Waals surface area contributed by atoms with Crippen molar-refractivity contribution in [2.24, 2.45) is 0 Å². The molecule has 2 heterocycles. The summed E-state index contributed by atoms with van der Waals surface area (Å²) in [6.07, 6.45) is 0. The van der Waals surface area contributed by atoms with Gasteiger partial charge in [-0.25, -0.2) is 0 Å². The van der Waals surface area contributed by atoms with E-state index in [1.165, 1.54) is 86.5 Å². The van der Waals surface area contributed by atoms with Crippen molar-refractivity contribution in [1.29, 1.82) is 0 Å². The summed E-state index contributed by atoms with van der Waals surface area (Å²) in [6, 6.07) is 68.7. The van der Waals surface area contributed by atoms with E-state index in [9.17, 15) is 0 Å². The zero-order valence-electron chi connectivity index (χ0n) is 27.3. The molecule has 0 N–H and O–H groups in total. The third-order valence-electron chi connectivity index (χ3n) is 10.0. The molecule has 1 nitrogen and oxygen atoms in total. The molecule has 0 saturated heterocycles. The van der Waals surface area contributed by atoms with E-state index < -0.39 is 0 Å². The van der Waals surface area contributed by atoms with Crippen LogP contribution in [-0.4, -0.2) is 4.57 Å². The zero-order chi connectivity index (χ0) is 33.0. The zero-order valence-corrected chi connectivity index (χ0v) is 28.1. The van der Waals surface area contributed by atoms with Crippen molar-refractivity contribution in [1.82, 2.24) is 4.57 Å². The summed E-state index contributed by atoms with van der Waals surface area (Å²) in [5, 5.41) is 5.22. The molecule has 10 rings (SSSR count). The summed E-state index contributed by atoms with van der Waals surface area (Å²) in [4.78, 5) is 0. The number of fused-ring (bicyclic) bond motifs is 6. The third kappa shape index (κ3) is 4.84. The van der Waals surface area contributed by atoms with Crippen molar-refractivity contribution < 1.29 is 0 Å². The van der Waals surface area contributed by atoms with Crippen molar-refractivity contribution in [2.75, 3.05) is 0 Å². The number of hydrogen-bond acceptors (Lipinski definition) is 1. The molecule has 0 amide bonds. The van der Waals surface area contributed by atoms with Gasteiger partial charge in [-0.15, -0.1) is 11.3 Å². The van der Waals surface area contributed by atoms with Gasteiger partial charge in [-0.2, -0.15) is 0 Å². The number of thiophene rings is 1. The molecule has 0 fully saturated rings. The van der Waals surface area contributed by atoms with E-state index in [0.717, 1.165) is 5.69 Å². The van der Waals surface area contributed by atoms with Crippen LogP contribution >= 0.6 is 11.3 Å². The Balaban J connectivity index is 1.04. The molecular formula is C48H31NS. The Morgan fingerprint density at radius 2 is 0.720 bits per heavy atom. The van der Waals surface area contributed by atoms with Crippen LogP contribution < -0.4 is 0 Å². The predicted molar refractivity (Wildman–Crippen MR) is 215 cm³/mol. The Bertz CT molecular complexity index is 2780. The summed E-state index contributed by atoms with van der Waals surface area (Å²) >= 11 is 1.86. The monoisotopic (exact) mass is 653 g/mol. The Kier molecular flexibility index (Phi) is 6.75. The van der Waals surface area contributed by atoms with Crippen LogP contribution in [0.1, 0.15) is 0 Å². The van der Waals surface area contributed by atoms with Crippen molar-refractivity contribution in [2.45, 2.75) is 0 Å². The van der Waals surface area contributed by atoms with Crippen LogP contribution in [0.4, 0.5) is 0 Å². The van der Waals surface area contributed by atoms with Gasteiger partial charge in [0.1, 0.15) is 0 Å². The lowest BCUT2D eigenvalue weighted by atomic mass is 9.92. The Hall–Kier alpha value is -6.22. The van der Waals surface area contributed by atoms with Crippen LogP contribution in [0, 0.1) is 0 Å². The average Bonchev–Trinajstić information content (AvgIpc) is 3.74. The molecular weight excluding hydrogens is 623 g/mol. The van der Waals surface area contributed by atoms with Crippen molar-refractivity contribution >= 4 is 53.3 Å². The largest absolute Gasteiger partial charge is 0.309 e. The molecule has 234 valence electrons. The van der Waals surface area contributed by atoms with Crippen LogP contribution in [0.3, 0.4) is 0 Å². The van der Waals surface area contributed by atoms with Gasteiger partial charge < -0.3 is 4.57 Å². The highest BCUT2D eigenvalue weighted by molar-refractivity contribution is 7.25. The summed E-state index contributed by atoms with van der Waals surface area (Å²) in [7, 11) is 0. The van der Waals surface area contributed by atoms with Gasteiger partial charge >= 0.3 is 0 Å². The van der Waals surface area contributed by atoms with Gasteiger partial charge in [0.15, 0.2) is 0 Å². The van der Waals surface area contributed by atoms with E-state index in [1.807, 2.05) is 11.3 Å². The first-order valence-corrected chi connectivity index (χ1v) is 17.9. The second-order valence-electron chi connectivity index (χ2n) is 13.0. The minimum absolute atomic E-state index is 1.16. The highest BCUT2D eigenvalue weighted by Crippen LogP contribution is 2.38. The van der Waals surface area contributed by atoms with Crippen LogP contribution in [0.15, 0.2) is 188 Å². The molecule has 0 unspecified atom stereocenters. The second kappa shape index (κ2) is 11.7. The summed E-state index contributed by atoms with van der Waals surface area (Å²) < 4.78 is 5.05. The maximum absolute atomic E-state index is 2.38. The number of rotatable bonds is 5. The molecule has 8 aromatic carbocycles. The smallest absolute Gasteiger partial charge is 0.0541 e. The van der Waals surface area contributed by atoms with E-state index in [2.05, 4.69) is 193 Å². The molecule has 2 aromatic heterocycles. The minimum Gasteiger partial charge on any atom is -0.309 e. The molecule has 0 aliphatic rings. The van der Waals surface area contributed by atoms with Gasteiger partial charge in [-0.1, -0.05) is 127 Å². The molecule has 0 aliphatic heterocycles. The Morgan fingerprint density at radius 1 is 0.280 bits per heavy atom. The lowest BCUT2D eigenvalue weighted by Gasteiger charge is -2.13. The minimum atomic E-state index is 1.16. The summed E-state index contributed by atoms with van der Waals surface area (Å²) in [6.45, 7) is 0. The van der Waals surface area contributed by atoms with E-state index in [0.29, 0.717) is 0 Å². The highest BCUT2D eigenvalue weighted by atomic mass is 32.1. The molecule has 0 aliphatic carbocycles. The van der Waals surface area contributed by atoms with Crippen molar-refractivity contribution in [3.05, 3.63) is 188 Å². The summed E-state index contributed by atoms with van der Waals surface area (Å²) in [5.41, 5.74) is 13.3. The second-order valence-corrected chi connectivity index (χ2v) is 14.1. The fourth-order valence-electron chi connectivity index (χ4n) is 7.52. The van der Waals surface area contributed by atoms with Gasteiger partial charge in [0, 0.05) is 36.6 Å². The fourth-order valence-corrected chi connectivity index (χ4v) is 8.61. The van der Waals surface area contributed by atoms with Gasteiger partial charge in [0.2, 0.25) is 0 Å². The number of hydrogen-bond donors (Lipinski definition) is 0. The van der Waals surface area contributed by atoms with Crippen LogP contribution in [0.2, 0.25) is 0 Å². The predicted octanol–water partition coefficient (Wildman–Crippen LogP) is 13.8. The van der Waals surface area contributed by atoms with Gasteiger partial charge in [-0.05, 0) is 105 Å². The number of aromatic nitrogens is 1. The van der Waals surface area contributed by atoms with Gasteiger partial charge in [0.25, 0.3) is 0 Å². The van der Waals surface area contributed by atoms with E-state index in [-0.39, 0.29) is 0 Å². The van der Waals surface area contributed by atoms with Gasteiger partial charge in [0.05, 0.1) is 11.0 Å². The molecule has 10 aromatic rings. The molecule has 0 atom stereocenters. The molecule has 2 heteroatoms. The third-order valence-corrected chi connectivity index (χ3v) is 11.2. The van der Waals surface area contributed by atoms with Crippen LogP contribution in [0.25, 0.3) is 92.2 Å². The quantitative estimate of drug-likeness (QED) is 0.174. The van der Waals surface area contributed by atoms with Gasteiger partial charge in [-0.3, -0.25) is 0 Å². The number of benzene rings is 8. The summed E-state index contributed by atoms with van der Waals surface area (Å²) in [5.74, 6) is 0. The fraction of sp³-hybridized carbons (Fsp3) is 0. The first-order valence-electron chi connectivity index (χ1n) is 17.1. The van der Waals surface area contributed by atoms with E-state index >= 15 is 0 Å². The number of nitrogens with zero attached hydrogens (tertiary/aromatic N) is 1. The van der Waals surface area contributed by atoms with E-state index in [1.54, 1.807) is 0 Å². The Morgan fingerprint density at radius 3 is 1.34 bits per heavy atom. The lowest BCUT2D eigenvalue weighted by Crippen LogP contribution is -1.93. The molecule has 0 saturated carbocycles. The standard InChI is InChI=1S/C48H31NS/c1-2-10-32(11-3-1)37-28-38(34-20-18-33(19-21-34)36-24-27-48-44(31-36)43-14-6-9-17-47(43)50-48)30-39(29-37)35-22-25-40(26-23-35)49-45-15-7-4-12-41(45)42-13-5-8-16-46(42)49/h1-31H. The average molecular weight is 654 g/mol. The van der Waals surface area contributed by atoms with E-state index in [4.69, 9.17) is 0 Å². The SMILES string of the molecule is c1ccc(-c2cc(-c3ccc(-c4ccc5sc6ccccc6c5c4)cc3)cc(-c3ccc(-n4c5ccccc5c5ccccc54)cc3)c2)cc1. The number of para-hydroxylation sites is 2. The lowest BCUT2D eigenvalue weighted by molar-refractivity contribution is 1.18. The topological polar surface area (TPSA) is 4.93 Å². The maximum Gasteiger partial charge on any atom is 0.0541 e. The first-order chi connectivity index (χ1) is 24.8. The van der Waals surface area contributed by atoms with Crippen LogP contribution in [0.5, 0.6) is 0 Å². The van der Waals surface area contributed by atoms with Crippen molar-refractivity contribution in [3.8, 4) is 50.2 Å². The molecule has 0 radical (unpaired) electrons. The normalized spacial score (nSPS) is 11.6. The maximum atomic E-state index is 2.38. The first kappa shape index (κ1) is 28.8. The Labute approximate surface area is 295 Å². The molecule has 0 bridgehead atoms. The van der Waals surface area contributed by atoms with Crippen LogP contribution in [-0.2, 0) is 0 Å². The molecule has 50 heavy (non-hydrogen) atoms.